The summed E-state index contributed by atoms with van der Waals surface area (Å²) in [5.41, 5.74) is 1.21. The Morgan fingerprint density at radius 3 is 2.93 bits per heavy atom. The summed E-state index contributed by atoms with van der Waals surface area (Å²) < 4.78 is 4.07. The van der Waals surface area contributed by atoms with Gasteiger partial charge in [-0.15, -0.1) is 5.10 Å². The molecule has 1 aromatic heterocycles. The SMILES string of the molecule is CCCc1nnsc1C(NC)C1CC1. The predicted molar refractivity (Wildman–Crippen MR) is 58.4 cm³/mol. The van der Waals surface area contributed by atoms with Crippen LogP contribution in [0.4, 0.5) is 0 Å². The fraction of sp³-hybridized carbons (Fsp3) is 0.800. The van der Waals surface area contributed by atoms with Crippen molar-refractivity contribution in [3.63, 3.8) is 0 Å². The largest absolute Gasteiger partial charge is 0.312 e. The van der Waals surface area contributed by atoms with Crippen LogP contribution in [0.2, 0.25) is 0 Å². The number of hydrogen-bond acceptors (Lipinski definition) is 4. The normalized spacial score (nSPS) is 18.4. The second kappa shape index (κ2) is 4.36. The van der Waals surface area contributed by atoms with E-state index >= 15 is 0 Å². The van der Waals surface area contributed by atoms with Crippen molar-refractivity contribution in [3.05, 3.63) is 10.6 Å². The molecule has 1 atom stereocenters. The molecule has 1 aliphatic rings. The molecule has 0 amide bonds. The van der Waals surface area contributed by atoms with Gasteiger partial charge < -0.3 is 5.32 Å². The topological polar surface area (TPSA) is 37.8 Å². The molecular formula is C10H17N3S. The van der Waals surface area contributed by atoms with E-state index in [2.05, 4.69) is 21.8 Å². The molecule has 1 unspecified atom stereocenters. The molecule has 4 heteroatoms. The van der Waals surface area contributed by atoms with E-state index in [1.165, 1.54) is 23.4 Å². The third kappa shape index (κ3) is 1.96. The third-order valence-corrected chi connectivity index (χ3v) is 3.61. The molecule has 14 heavy (non-hydrogen) atoms. The Balaban J connectivity index is 2.15. The average Bonchev–Trinajstić information content (AvgIpc) is 2.91. The van der Waals surface area contributed by atoms with Crippen LogP contribution in [-0.4, -0.2) is 16.6 Å². The lowest BCUT2D eigenvalue weighted by molar-refractivity contribution is 0.531. The minimum Gasteiger partial charge on any atom is -0.312 e. The summed E-state index contributed by atoms with van der Waals surface area (Å²) in [6.45, 7) is 2.19. The van der Waals surface area contributed by atoms with E-state index in [0.717, 1.165) is 18.8 Å². The summed E-state index contributed by atoms with van der Waals surface area (Å²) >= 11 is 1.57. The Hall–Kier alpha value is -0.480. The highest BCUT2D eigenvalue weighted by molar-refractivity contribution is 7.05. The maximum atomic E-state index is 4.21. The van der Waals surface area contributed by atoms with Crippen molar-refractivity contribution in [2.24, 2.45) is 5.92 Å². The van der Waals surface area contributed by atoms with E-state index in [9.17, 15) is 0 Å². The van der Waals surface area contributed by atoms with Crippen LogP contribution in [0.3, 0.4) is 0 Å². The van der Waals surface area contributed by atoms with E-state index in [4.69, 9.17) is 0 Å². The van der Waals surface area contributed by atoms with Crippen LogP contribution < -0.4 is 5.32 Å². The first kappa shape index (κ1) is 10.1. The van der Waals surface area contributed by atoms with Crippen molar-refractivity contribution in [1.82, 2.24) is 14.9 Å². The van der Waals surface area contributed by atoms with Gasteiger partial charge in [0, 0.05) is 6.04 Å². The van der Waals surface area contributed by atoms with Crippen molar-refractivity contribution in [2.45, 2.75) is 38.6 Å². The number of hydrogen-bond donors (Lipinski definition) is 1. The summed E-state index contributed by atoms with van der Waals surface area (Å²) in [4.78, 5) is 1.37. The lowest BCUT2D eigenvalue weighted by Crippen LogP contribution is -2.18. The van der Waals surface area contributed by atoms with Crippen LogP contribution in [0.25, 0.3) is 0 Å². The fourth-order valence-corrected chi connectivity index (χ4v) is 2.77. The zero-order valence-electron chi connectivity index (χ0n) is 8.79. The van der Waals surface area contributed by atoms with Gasteiger partial charge in [-0.3, -0.25) is 0 Å². The molecule has 0 aliphatic heterocycles. The maximum absolute atomic E-state index is 4.21. The van der Waals surface area contributed by atoms with Gasteiger partial charge in [0.2, 0.25) is 0 Å². The quantitative estimate of drug-likeness (QED) is 0.811. The molecule has 0 bridgehead atoms. The number of aryl methyl sites for hydroxylation is 1. The summed E-state index contributed by atoms with van der Waals surface area (Å²) in [5.74, 6) is 0.831. The van der Waals surface area contributed by atoms with Crippen molar-refractivity contribution in [3.8, 4) is 0 Å². The summed E-state index contributed by atoms with van der Waals surface area (Å²) in [6.07, 6.45) is 4.93. The van der Waals surface area contributed by atoms with Crippen LogP contribution in [0.1, 0.15) is 42.8 Å². The standard InChI is InChI=1S/C10H17N3S/c1-3-4-8-10(14-13-12-8)9(11-2)7-5-6-7/h7,9,11H,3-6H2,1-2H3. The molecule has 0 aromatic carbocycles. The van der Waals surface area contributed by atoms with Gasteiger partial charge in [-0.05, 0) is 43.8 Å². The predicted octanol–water partition coefficient (Wildman–Crippen LogP) is 2.16. The Labute approximate surface area is 89.1 Å². The van der Waals surface area contributed by atoms with E-state index in [0.29, 0.717) is 6.04 Å². The first-order valence-corrected chi connectivity index (χ1v) is 6.12. The van der Waals surface area contributed by atoms with Gasteiger partial charge in [0.25, 0.3) is 0 Å². The first-order valence-electron chi connectivity index (χ1n) is 5.35. The lowest BCUT2D eigenvalue weighted by atomic mass is 10.1. The fourth-order valence-electron chi connectivity index (χ4n) is 1.87. The number of nitrogens with zero attached hydrogens (tertiary/aromatic N) is 2. The second-order valence-electron chi connectivity index (χ2n) is 3.94. The molecule has 0 radical (unpaired) electrons. The molecule has 0 spiro atoms. The van der Waals surface area contributed by atoms with Crippen LogP contribution >= 0.6 is 11.5 Å². The van der Waals surface area contributed by atoms with Gasteiger partial charge in [0.15, 0.2) is 0 Å². The molecular weight excluding hydrogens is 194 g/mol. The number of rotatable bonds is 5. The monoisotopic (exact) mass is 211 g/mol. The van der Waals surface area contributed by atoms with Crippen molar-refractivity contribution in [1.29, 1.82) is 0 Å². The Morgan fingerprint density at radius 1 is 1.57 bits per heavy atom. The van der Waals surface area contributed by atoms with Gasteiger partial charge in [-0.25, -0.2) is 0 Å². The van der Waals surface area contributed by atoms with Crippen molar-refractivity contribution >= 4 is 11.5 Å². The van der Waals surface area contributed by atoms with Gasteiger partial charge in [0.1, 0.15) is 0 Å². The molecule has 1 heterocycles. The van der Waals surface area contributed by atoms with Crippen LogP contribution in [0, 0.1) is 5.92 Å². The molecule has 1 aliphatic carbocycles. The molecule has 0 saturated heterocycles. The van der Waals surface area contributed by atoms with Gasteiger partial charge >= 0.3 is 0 Å². The highest BCUT2D eigenvalue weighted by Gasteiger charge is 2.33. The Morgan fingerprint density at radius 2 is 2.36 bits per heavy atom. The van der Waals surface area contributed by atoms with E-state index in [1.54, 1.807) is 11.5 Å². The Bertz CT molecular complexity index is 293. The molecule has 78 valence electrons. The molecule has 1 fully saturated rings. The van der Waals surface area contributed by atoms with Gasteiger partial charge in [-0.2, -0.15) is 0 Å². The van der Waals surface area contributed by atoms with Gasteiger partial charge in [-0.1, -0.05) is 17.8 Å². The van der Waals surface area contributed by atoms with Gasteiger partial charge in [0.05, 0.1) is 10.6 Å². The van der Waals surface area contributed by atoms with Crippen LogP contribution in [0.15, 0.2) is 0 Å². The third-order valence-electron chi connectivity index (χ3n) is 2.76. The minimum absolute atomic E-state index is 0.511. The summed E-state index contributed by atoms with van der Waals surface area (Å²) in [6, 6.07) is 0.511. The molecule has 3 nitrogen and oxygen atoms in total. The van der Waals surface area contributed by atoms with Crippen LogP contribution in [-0.2, 0) is 6.42 Å². The maximum Gasteiger partial charge on any atom is 0.0803 e. The lowest BCUT2D eigenvalue weighted by Gasteiger charge is -2.13. The average molecular weight is 211 g/mol. The van der Waals surface area contributed by atoms with Crippen molar-refractivity contribution in [2.75, 3.05) is 7.05 Å². The minimum atomic E-state index is 0.511. The van der Waals surface area contributed by atoms with E-state index in [-0.39, 0.29) is 0 Å². The van der Waals surface area contributed by atoms with Crippen molar-refractivity contribution < 1.29 is 0 Å². The molecule has 1 aromatic rings. The summed E-state index contributed by atoms with van der Waals surface area (Å²) in [7, 11) is 2.04. The number of nitrogens with one attached hydrogen (secondary N) is 1. The van der Waals surface area contributed by atoms with Crippen LogP contribution in [0.5, 0.6) is 0 Å². The highest BCUT2D eigenvalue weighted by Crippen LogP contribution is 2.42. The number of aromatic nitrogens is 2. The highest BCUT2D eigenvalue weighted by atomic mass is 32.1. The summed E-state index contributed by atoms with van der Waals surface area (Å²) in [5, 5.41) is 7.61. The smallest absolute Gasteiger partial charge is 0.0803 e. The second-order valence-corrected chi connectivity index (χ2v) is 4.72. The molecule has 1 saturated carbocycles. The molecule has 2 rings (SSSR count). The molecule has 1 N–H and O–H groups in total. The first-order chi connectivity index (χ1) is 6.86. The zero-order valence-corrected chi connectivity index (χ0v) is 9.60. The Kier molecular flexibility index (Phi) is 3.13. The van der Waals surface area contributed by atoms with E-state index in [1.807, 2.05) is 7.05 Å². The zero-order chi connectivity index (χ0) is 9.97. The van der Waals surface area contributed by atoms with E-state index < -0.39 is 0 Å².